The molecule has 0 saturated carbocycles. The smallest absolute Gasteiger partial charge is 0.265 e. The van der Waals surface area contributed by atoms with Crippen molar-refractivity contribution in [2.45, 2.75) is 11.8 Å². The summed E-state index contributed by atoms with van der Waals surface area (Å²) in [6.45, 7) is 1.97. The monoisotopic (exact) mass is 491 g/mol. The Morgan fingerprint density at radius 3 is 2.20 bits per heavy atom. The van der Waals surface area contributed by atoms with Crippen LogP contribution in [0.15, 0.2) is 90.1 Å². The summed E-state index contributed by atoms with van der Waals surface area (Å²) < 4.78 is 41.1. The maximum absolute atomic E-state index is 13.1. The molecule has 1 amide bonds. The van der Waals surface area contributed by atoms with E-state index in [4.69, 9.17) is 9.47 Å². The molecule has 0 spiro atoms. The van der Waals surface area contributed by atoms with Crippen molar-refractivity contribution in [1.29, 1.82) is 0 Å². The summed E-state index contributed by atoms with van der Waals surface area (Å²) >= 11 is 0. The summed E-state index contributed by atoms with van der Waals surface area (Å²) in [5, 5.41) is 2.78. The lowest BCUT2D eigenvalue weighted by Crippen LogP contribution is -2.16. The summed E-state index contributed by atoms with van der Waals surface area (Å²) in [6.07, 6.45) is 3.81. The van der Waals surface area contributed by atoms with Crippen LogP contribution in [0.4, 0.5) is 11.4 Å². The largest absolute Gasteiger partial charge is 0.497 e. The van der Waals surface area contributed by atoms with Gasteiger partial charge in [0.05, 0.1) is 14.2 Å². The normalized spacial score (nSPS) is 11.1. The zero-order valence-electron chi connectivity index (χ0n) is 19.5. The van der Waals surface area contributed by atoms with E-state index in [-0.39, 0.29) is 16.6 Å². The van der Waals surface area contributed by atoms with E-state index >= 15 is 0 Å². The molecule has 8 nitrogen and oxygen atoms in total. The first-order valence-electron chi connectivity index (χ1n) is 10.7. The Kier molecular flexibility index (Phi) is 6.79. The number of aromatic nitrogens is 1. The van der Waals surface area contributed by atoms with E-state index in [0.717, 1.165) is 11.3 Å². The Morgan fingerprint density at radius 2 is 1.54 bits per heavy atom. The molecule has 1 aromatic heterocycles. The number of benzene rings is 3. The van der Waals surface area contributed by atoms with E-state index in [2.05, 4.69) is 10.0 Å². The van der Waals surface area contributed by atoms with Crippen molar-refractivity contribution < 1.29 is 22.7 Å². The van der Waals surface area contributed by atoms with Gasteiger partial charge in [0, 0.05) is 35.0 Å². The molecule has 0 radical (unpaired) electrons. The van der Waals surface area contributed by atoms with Gasteiger partial charge < -0.3 is 19.4 Å². The number of carbonyl (C=O) groups excluding carboxylic acids is 1. The minimum Gasteiger partial charge on any atom is -0.497 e. The maximum atomic E-state index is 13.1. The van der Waals surface area contributed by atoms with Gasteiger partial charge >= 0.3 is 0 Å². The fourth-order valence-corrected chi connectivity index (χ4v) is 4.82. The van der Waals surface area contributed by atoms with Crippen molar-refractivity contribution in [1.82, 2.24) is 4.57 Å². The Bertz CT molecular complexity index is 1450. The number of carbonyl (C=O) groups is 1. The van der Waals surface area contributed by atoms with Gasteiger partial charge in [0.2, 0.25) is 0 Å². The van der Waals surface area contributed by atoms with E-state index in [1.54, 1.807) is 42.5 Å². The zero-order chi connectivity index (χ0) is 25.0. The molecule has 1 heterocycles. The van der Waals surface area contributed by atoms with Gasteiger partial charge in [-0.2, -0.15) is 0 Å². The number of nitrogens with one attached hydrogen (secondary N) is 2. The number of amides is 1. The zero-order valence-corrected chi connectivity index (χ0v) is 20.3. The average molecular weight is 492 g/mol. The van der Waals surface area contributed by atoms with Gasteiger partial charge in [-0.05, 0) is 79.2 Å². The molecule has 0 aliphatic rings. The van der Waals surface area contributed by atoms with Gasteiger partial charge in [-0.1, -0.05) is 6.07 Å². The van der Waals surface area contributed by atoms with Crippen LogP contribution >= 0.6 is 0 Å². The van der Waals surface area contributed by atoms with Crippen LogP contribution < -0.4 is 19.5 Å². The van der Waals surface area contributed by atoms with E-state index in [9.17, 15) is 13.2 Å². The lowest BCUT2D eigenvalue weighted by atomic mass is 10.1. The molecule has 0 fully saturated rings. The second kappa shape index (κ2) is 9.94. The molecular weight excluding hydrogens is 466 g/mol. The SMILES string of the molecule is COc1ccc(NS(=O)(=O)c2cc(NC(=O)c3ccc(C)c(-n4cccc4)c3)ccc2OC)cc1. The van der Waals surface area contributed by atoms with Gasteiger partial charge in [-0.25, -0.2) is 8.42 Å². The van der Waals surface area contributed by atoms with Crippen LogP contribution in [0.3, 0.4) is 0 Å². The molecule has 9 heteroatoms. The minimum absolute atomic E-state index is 0.106. The molecule has 0 unspecified atom stereocenters. The summed E-state index contributed by atoms with van der Waals surface area (Å²) in [4.78, 5) is 12.9. The first-order valence-corrected chi connectivity index (χ1v) is 12.2. The van der Waals surface area contributed by atoms with Gasteiger partial charge in [-0.3, -0.25) is 9.52 Å². The molecule has 0 atom stereocenters. The van der Waals surface area contributed by atoms with Crippen LogP contribution in [0.25, 0.3) is 5.69 Å². The van der Waals surface area contributed by atoms with Crippen LogP contribution in [0.2, 0.25) is 0 Å². The third-order valence-electron chi connectivity index (χ3n) is 5.41. The maximum Gasteiger partial charge on any atom is 0.265 e. The van der Waals surface area contributed by atoms with Gasteiger partial charge in [0.1, 0.15) is 16.4 Å². The number of aryl methyl sites for hydroxylation is 1. The van der Waals surface area contributed by atoms with E-state index < -0.39 is 10.0 Å². The second-order valence-electron chi connectivity index (χ2n) is 7.75. The van der Waals surface area contributed by atoms with Crippen LogP contribution in [-0.4, -0.2) is 33.1 Å². The average Bonchev–Trinajstić information content (AvgIpc) is 3.39. The molecule has 2 N–H and O–H groups in total. The quantitative estimate of drug-likeness (QED) is 0.367. The highest BCUT2D eigenvalue weighted by atomic mass is 32.2. The van der Waals surface area contributed by atoms with Gasteiger partial charge in [-0.15, -0.1) is 0 Å². The summed E-state index contributed by atoms with van der Waals surface area (Å²) in [5.41, 5.74) is 3.01. The van der Waals surface area contributed by atoms with E-state index in [1.807, 2.05) is 42.1 Å². The van der Waals surface area contributed by atoms with Gasteiger partial charge in [0.25, 0.3) is 15.9 Å². The van der Waals surface area contributed by atoms with Crippen LogP contribution in [0.5, 0.6) is 11.5 Å². The Balaban J connectivity index is 1.60. The Labute approximate surface area is 204 Å². The fraction of sp³-hybridized carbons (Fsp3) is 0.115. The topological polar surface area (TPSA) is 98.7 Å². The molecule has 4 rings (SSSR count). The molecular formula is C26H25N3O5S. The van der Waals surface area contributed by atoms with Crippen molar-refractivity contribution >= 4 is 27.3 Å². The first-order chi connectivity index (χ1) is 16.8. The van der Waals surface area contributed by atoms with Crippen LogP contribution in [0, 0.1) is 6.92 Å². The number of hydrogen-bond acceptors (Lipinski definition) is 5. The highest BCUT2D eigenvalue weighted by Gasteiger charge is 2.21. The first kappa shape index (κ1) is 23.9. The molecule has 0 bridgehead atoms. The number of nitrogens with zero attached hydrogens (tertiary/aromatic N) is 1. The van der Waals surface area contributed by atoms with Crippen molar-refractivity contribution in [3.8, 4) is 17.2 Å². The van der Waals surface area contributed by atoms with Gasteiger partial charge in [0.15, 0.2) is 0 Å². The van der Waals surface area contributed by atoms with Crippen molar-refractivity contribution in [3.05, 3.63) is 96.3 Å². The third-order valence-corrected chi connectivity index (χ3v) is 6.81. The van der Waals surface area contributed by atoms with E-state index in [0.29, 0.717) is 22.7 Å². The van der Waals surface area contributed by atoms with Crippen molar-refractivity contribution in [2.75, 3.05) is 24.3 Å². The Hall–Kier alpha value is -4.24. The number of anilines is 2. The highest BCUT2D eigenvalue weighted by Crippen LogP contribution is 2.30. The van der Waals surface area contributed by atoms with Crippen LogP contribution in [-0.2, 0) is 10.0 Å². The van der Waals surface area contributed by atoms with Crippen molar-refractivity contribution in [2.24, 2.45) is 0 Å². The standard InChI is InChI=1S/C26H25N3O5S/c1-18-6-7-19(16-23(18)29-14-4-5-15-29)26(30)27-21-10-13-24(34-3)25(17-21)35(31,32)28-20-8-11-22(33-2)12-9-20/h4-17,28H,1-3H3,(H,27,30). The number of sulfonamides is 1. The number of hydrogen-bond donors (Lipinski definition) is 2. The van der Waals surface area contributed by atoms with Crippen LogP contribution in [0.1, 0.15) is 15.9 Å². The van der Waals surface area contributed by atoms with E-state index in [1.165, 1.54) is 26.4 Å². The molecule has 3 aromatic carbocycles. The van der Waals surface area contributed by atoms with Crippen molar-refractivity contribution in [3.63, 3.8) is 0 Å². The summed E-state index contributed by atoms with van der Waals surface area (Å²) in [5.74, 6) is 0.385. The highest BCUT2D eigenvalue weighted by molar-refractivity contribution is 7.92. The lowest BCUT2D eigenvalue weighted by Gasteiger charge is -2.14. The fourth-order valence-electron chi connectivity index (χ4n) is 3.56. The summed E-state index contributed by atoms with van der Waals surface area (Å²) in [7, 11) is -1.10. The Morgan fingerprint density at radius 1 is 0.857 bits per heavy atom. The lowest BCUT2D eigenvalue weighted by molar-refractivity contribution is 0.102. The molecule has 180 valence electrons. The second-order valence-corrected chi connectivity index (χ2v) is 9.40. The number of ether oxygens (including phenoxy) is 2. The number of rotatable bonds is 8. The molecule has 0 aliphatic carbocycles. The third kappa shape index (κ3) is 5.30. The molecule has 35 heavy (non-hydrogen) atoms. The predicted molar refractivity (Wildman–Crippen MR) is 135 cm³/mol. The minimum atomic E-state index is -4.01. The molecule has 0 saturated heterocycles. The number of methoxy groups -OCH3 is 2. The summed E-state index contributed by atoms with van der Waals surface area (Å²) in [6, 6.07) is 20.1. The molecule has 4 aromatic rings. The predicted octanol–water partition coefficient (Wildman–Crippen LogP) is 4.86. The molecule has 0 aliphatic heterocycles.